The summed E-state index contributed by atoms with van der Waals surface area (Å²) in [6.45, 7) is 2.17. The number of benzene rings is 2. The Kier molecular flexibility index (Phi) is 3.26. The molecule has 0 aliphatic rings. The molecule has 0 N–H and O–H groups in total. The highest BCUT2D eigenvalue weighted by atomic mass is 35.5. The van der Waals surface area contributed by atoms with Crippen LogP contribution >= 0.6 is 23.2 Å². The van der Waals surface area contributed by atoms with Crippen molar-refractivity contribution >= 4 is 34.1 Å². The summed E-state index contributed by atoms with van der Waals surface area (Å²) >= 11 is 12.3. The van der Waals surface area contributed by atoms with Crippen molar-refractivity contribution in [1.82, 2.24) is 4.57 Å². The van der Waals surface area contributed by atoms with Crippen molar-refractivity contribution < 1.29 is 0 Å². The summed E-state index contributed by atoms with van der Waals surface area (Å²) in [5.74, 6) is 0. The van der Waals surface area contributed by atoms with Crippen LogP contribution in [0.15, 0.2) is 54.7 Å². The maximum Gasteiger partial charge on any atom is 0.0557 e. The van der Waals surface area contributed by atoms with Crippen LogP contribution in [0, 0.1) is 0 Å². The SMILES string of the molecule is CC(c1ccccc1)n1ccc2c(Cl)cc(Cl)cc21. The molecule has 0 fully saturated rings. The van der Waals surface area contributed by atoms with Crippen LogP contribution < -0.4 is 0 Å². The van der Waals surface area contributed by atoms with E-state index in [0.29, 0.717) is 10.0 Å². The van der Waals surface area contributed by atoms with Gasteiger partial charge in [-0.2, -0.15) is 0 Å². The van der Waals surface area contributed by atoms with Crippen LogP contribution in [0.3, 0.4) is 0 Å². The molecule has 0 aliphatic carbocycles. The van der Waals surface area contributed by atoms with Crippen LogP contribution in [-0.4, -0.2) is 4.57 Å². The molecule has 0 saturated heterocycles. The average Bonchev–Trinajstić information content (AvgIpc) is 2.83. The topological polar surface area (TPSA) is 4.93 Å². The molecule has 1 nitrogen and oxygen atoms in total. The monoisotopic (exact) mass is 289 g/mol. The molecule has 3 aromatic rings. The lowest BCUT2D eigenvalue weighted by atomic mass is 10.1. The maximum absolute atomic E-state index is 6.23. The van der Waals surface area contributed by atoms with Gasteiger partial charge in [-0.3, -0.25) is 0 Å². The first-order valence-corrected chi connectivity index (χ1v) is 6.93. The van der Waals surface area contributed by atoms with E-state index in [1.807, 2.05) is 18.2 Å². The highest BCUT2D eigenvalue weighted by molar-refractivity contribution is 6.38. The predicted octanol–water partition coefficient (Wildman–Crippen LogP) is 5.56. The lowest BCUT2D eigenvalue weighted by molar-refractivity contribution is 0.664. The predicted molar refractivity (Wildman–Crippen MR) is 82.2 cm³/mol. The first-order chi connectivity index (χ1) is 9.16. The average molecular weight is 290 g/mol. The van der Waals surface area contributed by atoms with Crippen molar-refractivity contribution in [3.8, 4) is 0 Å². The molecule has 2 aromatic carbocycles. The van der Waals surface area contributed by atoms with Gasteiger partial charge in [-0.1, -0.05) is 53.5 Å². The standard InChI is InChI=1S/C16H13Cl2N/c1-11(12-5-3-2-4-6-12)19-8-7-14-15(18)9-13(17)10-16(14)19/h2-11H,1H3. The van der Waals surface area contributed by atoms with E-state index in [9.17, 15) is 0 Å². The normalized spacial score (nSPS) is 12.8. The zero-order chi connectivity index (χ0) is 13.4. The first kappa shape index (κ1) is 12.6. The Morgan fingerprint density at radius 3 is 2.47 bits per heavy atom. The largest absolute Gasteiger partial charge is 0.340 e. The molecule has 0 bridgehead atoms. The van der Waals surface area contributed by atoms with Crippen LogP contribution in [0.4, 0.5) is 0 Å². The smallest absolute Gasteiger partial charge is 0.0557 e. The molecule has 19 heavy (non-hydrogen) atoms. The Labute approximate surface area is 122 Å². The number of fused-ring (bicyclic) bond motifs is 1. The van der Waals surface area contributed by atoms with Gasteiger partial charge in [-0.05, 0) is 30.7 Å². The number of hydrogen-bond acceptors (Lipinski definition) is 0. The van der Waals surface area contributed by atoms with Gasteiger partial charge in [0.15, 0.2) is 0 Å². The highest BCUT2D eigenvalue weighted by Crippen LogP contribution is 2.31. The second-order valence-corrected chi connectivity index (χ2v) is 5.47. The fraction of sp³-hybridized carbons (Fsp3) is 0.125. The van der Waals surface area contributed by atoms with E-state index in [0.717, 1.165) is 10.9 Å². The maximum atomic E-state index is 6.23. The third kappa shape index (κ3) is 2.24. The Morgan fingerprint density at radius 2 is 1.74 bits per heavy atom. The van der Waals surface area contributed by atoms with E-state index < -0.39 is 0 Å². The zero-order valence-electron chi connectivity index (χ0n) is 10.5. The number of hydrogen-bond donors (Lipinski definition) is 0. The second-order valence-electron chi connectivity index (χ2n) is 4.63. The van der Waals surface area contributed by atoms with Crippen LogP contribution in [0.25, 0.3) is 10.9 Å². The number of aromatic nitrogens is 1. The summed E-state index contributed by atoms with van der Waals surface area (Å²) in [5.41, 5.74) is 2.32. The molecule has 96 valence electrons. The van der Waals surface area contributed by atoms with Gasteiger partial charge >= 0.3 is 0 Å². The quantitative estimate of drug-likeness (QED) is 0.582. The lowest BCUT2D eigenvalue weighted by Gasteiger charge is -2.16. The number of nitrogens with zero attached hydrogens (tertiary/aromatic N) is 1. The summed E-state index contributed by atoms with van der Waals surface area (Å²) in [5, 5.41) is 2.40. The summed E-state index contributed by atoms with van der Waals surface area (Å²) in [6.07, 6.45) is 2.06. The minimum absolute atomic E-state index is 0.244. The number of rotatable bonds is 2. The van der Waals surface area contributed by atoms with Gasteiger partial charge in [0.2, 0.25) is 0 Å². The van der Waals surface area contributed by atoms with E-state index in [1.54, 1.807) is 6.07 Å². The van der Waals surface area contributed by atoms with Crippen LogP contribution in [0.2, 0.25) is 10.0 Å². The van der Waals surface area contributed by atoms with Gasteiger partial charge < -0.3 is 4.57 Å². The summed E-state index contributed by atoms with van der Waals surface area (Å²) in [4.78, 5) is 0. The van der Waals surface area contributed by atoms with E-state index in [4.69, 9.17) is 23.2 Å². The van der Waals surface area contributed by atoms with Gasteiger partial charge in [0, 0.05) is 16.6 Å². The molecule has 3 heteroatoms. The van der Waals surface area contributed by atoms with Crippen LogP contribution in [-0.2, 0) is 0 Å². The highest BCUT2D eigenvalue weighted by Gasteiger charge is 2.12. The van der Waals surface area contributed by atoms with E-state index in [2.05, 4.69) is 42.0 Å². The summed E-state index contributed by atoms with van der Waals surface area (Å²) in [6, 6.07) is 16.4. The molecule has 1 aromatic heterocycles. The molecule has 0 radical (unpaired) electrons. The van der Waals surface area contributed by atoms with Crippen molar-refractivity contribution in [2.75, 3.05) is 0 Å². The minimum atomic E-state index is 0.244. The van der Waals surface area contributed by atoms with Crippen molar-refractivity contribution in [2.45, 2.75) is 13.0 Å². The summed E-state index contributed by atoms with van der Waals surface area (Å²) < 4.78 is 2.20. The summed E-state index contributed by atoms with van der Waals surface area (Å²) in [7, 11) is 0. The van der Waals surface area contributed by atoms with Crippen molar-refractivity contribution in [3.63, 3.8) is 0 Å². The molecule has 0 aliphatic heterocycles. The van der Waals surface area contributed by atoms with E-state index in [1.165, 1.54) is 5.56 Å². The second kappa shape index (κ2) is 4.92. The van der Waals surface area contributed by atoms with Crippen molar-refractivity contribution in [3.05, 3.63) is 70.3 Å². The van der Waals surface area contributed by atoms with Gasteiger partial charge in [0.25, 0.3) is 0 Å². The first-order valence-electron chi connectivity index (χ1n) is 6.17. The minimum Gasteiger partial charge on any atom is -0.340 e. The van der Waals surface area contributed by atoms with Gasteiger partial charge in [0.1, 0.15) is 0 Å². The van der Waals surface area contributed by atoms with Crippen molar-refractivity contribution in [2.24, 2.45) is 0 Å². The third-order valence-electron chi connectivity index (χ3n) is 3.45. The van der Waals surface area contributed by atoms with E-state index in [-0.39, 0.29) is 6.04 Å². The van der Waals surface area contributed by atoms with Gasteiger partial charge in [-0.15, -0.1) is 0 Å². The number of halogens is 2. The van der Waals surface area contributed by atoms with Gasteiger partial charge in [0.05, 0.1) is 16.6 Å². The molecule has 0 amide bonds. The zero-order valence-corrected chi connectivity index (χ0v) is 12.0. The molecule has 3 rings (SSSR count). The third-order valence-corrected chi connectivity index (χ3v) is 3.98. The Balaban J connectivity index is 2.16. The Morgan fingerprint density at radius 1 is 1.00 bits per heavy atom. The molecular weight excluding hydrogens is 277 g/mol. The fourth-order valence-electron chi connectivity index (χ4n) is 2.41. The Bertz CT molecular complexity index is 716. The van der Waals surface area contributed by atoms with E-state index >= 15 is 0 Å². The Hall–Kier alpha value is -1.44. The lowest BCUT2D eigenvalue weighted by Crippen LogP contribution is -2.04. The van der Waals surface area contributed by atoms with Crippen LogP contribution in [0.5, 0.6) is 0 Å². The van der Waals surface area contributed by atoms with Crippen molar-refractivity contribution in [1.29, 1.82) is 0 Å². The van der Waals surface area contributed by atoms with Gasteiger partial charge in [-0.25, -0.2) is 0 Å². The molecular formula is C16H13Cl2N. The molecule has 1 heterocycles. The fourth-order valence-corrected chi connectivity index (χ4v) is 2.96. The molecule has 1 unspecified atom stereocenters. The van der Waals surface area contributed by atoms with Crippen LogP contribution in [0.1, 0.15) is 18.5 Å². The molecule has 1 atom stereocenters. The molecule has 0 spiro atoms. The molecule has 0 saturated carbocycles.